The zero-order valence-electron chi connectivity index (χ0n) is 12.1. The number of piperidine rings is 1. The van der Waals surface area contributed by atoms with Gasteiger partial charge < -0.3 is 4.90 Å². The van der Waals surface area contributed by atoms with Crippen LogP contribution in [-0.2, 0) is 0 Å². The van der Waals surface area contributed by atoms with E-state index in [1.54, 1.807) is 0 Å². The second-order valence-corrected chi connectivity index (χ2v) is 5.78. The van der Waals surface area contributed by atoms with Gasteiger partial charge >= 0.3 is 0 Å². The second-order valence-electron chi connectivity index (χ2n) is 5.78. The number of anilines is 1. The summed E-state index contributed by atoms with van der Waals surface area (Å²) in [6, 6.07) is 10.3. The molecule has 0 spiro atoms. The molecular formula is C17H19N4. The van der Waals surface area contributed by atoms with E-state index in [1.165, 1.54) is 12.8 Å². The first kappa shape index (κ1) is 12.6. The van der Waals surface area contributed by atoms with Gasteiger partial charge in [-0.05, 0) is 37.0 Å². The van der Waals surface area contributed by atoms with Crippen molar-refractivity contribution in [3.05, 3.63) is 43.5 Å². The largest absolute Gasteiger partial charge is 0.356 e. The Labute approximate surface area is 124 Å². The first-order chi connectivity index (χ1) is 10.3. The molecule has 0 atom stereocenters. The predicted octanol–water partition coefficient (Wildman–Crippen LogP) is 3.32. The van der Waals surface area contributed by atoms with E-state index >= 15 is 0 Å². The highest BCUT2D eigenvalue weighted by Gasteiger charge is 2.19. The molecule has 1 aliphatic rings. The Balaban J connectivity index is 1.69. The molecule has 0 unspecified atom stereocenters. The van der Waals surface area contributed by atoms with Crippen LogP contribution in [-0.4, -0.2) is 27.5 Å². The Kier molecular flexibility index (Phi) is 3.02. The molecule has 0 bridgehead atoms. The van der Waals surface area contributed by atoms with Crippen LogP contribution in [0.4, 0.5) is 5.82 Å². The smallest absolute Gasteiger partial charge is 0.236 e. The second kappa shape index (κ2) is 5.02. The fraction of sp³-hybridized carbons (Fsp3) is 0.353. The number of hydrogen-bond donors (Lipinski definition) is 0. The highest BCUT2D eigenvalue weighted by atomic mass is 15.2. The van der Waals surface area contributed by atoms with Crippen LogP contribution in [0, 0.1) is 12.8 Å². The minimum atomic E-state index is 0.777. The van der Waals surface area contributed by atoms with Crippen molar-refractivity contribution in [1.82, 2.24) is 14.4 Å². The van der Waals surface area contributed by atoms with Gasteiger partial charge in [-0.1, -0.05) is 25.5 Å². The molecule has 4 nitrogen and oxygen atoms in total. The summed E-state index contributed by atoms with van der Waals surface area (Å²) in [5, 5.41) is 0. The number of hydrogen-bond acceptors (Lipinski definition) is 3. The molecule has 107 valence electrons. The lowest BCUT2D eigenvalue weighted by Gasteiger charge is -2.32. The van der Waals surface area contributed by atoms with Gasteiger partial charge in [0.1, 0.15) is 5.82 Å². The highest BCUT2D eigenvalue weighted by molar-refractivity contribution is 5.79. The minimum Gasteiger partial charge on any atom is -0.356 e. The zero-order valence-corrected chi connectivity index (χ0v) is 12.1. The van der Waals surface area contributed by atoms with Gasteiger partial charge in [0.05, 0.1) is 11.0 Å². The van der Waals surface area contributed by atoms with Crippen molar-refractivity contribution in [3.8, 4) is 0 Å². The van der Waals surface area contributed by atoms with E-state index in [0.29, 0.717) is 0 Å². The molecule has 1 radical (unpaired) electrons. The lowest BCUT2D eigenvalue weighted by Crippen LogP contribution is -2.34. The number of imidazole rings is 1. The summed E-state index contributed by atoms with van der Waals surface area (Å²) in [6.07, 6.45) is 5.56. The van der Waals surface area contributed by atoms with Crippen molar-refractivity contribution in [1.29, 1.82) is 0 Å². The normalized spacial score (nSPS) is 16.9. The standard InChI is InChI=1S/C17H19N4/c1-2-13-7-10-20(11-8-13)16-9-12-21-15-6-4-3-5-14(15)18-17(21)19-16/h3-6,9,12-13H,1-2,7-8,10-11H2. The summed E-state index contributed by atoms with van der Waals surface area (Å²) in [6.45, 7) is 6.17. The van der Waals surface area contributed by atoms with Crippen molar-refractivity contribution in [2.24, 2.45) is 5.92 Å². The Morgan fingerprint density at radius 3 is 2.71 bits per heavy atom. The lowest BCUT2D eigenvalue weighted by molar-refractivity contribution is 0.407. The first-order valence-corrected chi connectivity index (χ1v) is 7.63. The maximum atomic E-state index is 4.75. The Morgan fingerprint density at radius 1 is 1.10 bits per heavy atom. The van der Waals surface area contributed by atoms with E-state index in [-0.39, 0.29) is 0 Å². The monoisotopic (exact) mass is 279 g/mol. The van der Waals surface area contributed by atoms with E-state index < -0.39 is 0 Å². The van der Waals surface area contributed by atoms with Crippen LogP contribution < -0.4 is 4.90 Å². The molecule has 4 rings (SSSR count). The van der Waals surface area contributed by atoms with Crippen molar-refractivity contribution in [3.63, 3.8) is 0 Å². The molecule has 0 amide bonds. The van der Waals surface area contributed by atoms with E-state index in [9.17, 15) is 0 Å². The zero-order chi connectivity index (χ0) is 14.2. The molecule has 3 heterocycles. The van der Waals surface area contributed by atoms with E-state index in [0.717, 1.165) is 48.1 Å². The summed E-state index contributed by atoms with van der Waals surface area (Å²) in [5.41, 5.74) is 2.11. The van der Waals surface area contributed by atoms with Crippen LogP contribution in [0.25, 0.3) is 16.8 Å². The third-order valence-electron chi connectivity index (χ3n) is 4.51. The van der Waals surface area contributed by atoms with Crippen LogP contribution in [0.3, 0.4) is 0 Å². The summed E-state index contributed by atoms with van der Waals surface area (Å²) in [5.74, 6) is 2.60. The topological polar surface area (TPSA) is 33.4 Å². The summed E-state index contributed by atoms with van der Waals surface area (Å²) in [7, 11) is 0. The number of fused-ring (bicyclic) bond motifs is 3. The fourth-order valence-corrected chi connectivity index (χ4v) is 3.17. The third-order valence-corrected chi connectivity index (χ3v) is 4.51. The molecule has 1 saturated heterocycles. The van der Waals surface area contributed by atoms with Gasteiger partial charge in [-0.25, -0.2) is 4.98 Å². The van der Waals surface area contributed by atoms with Gasteiger partial charge in [0.2, 0.25) is 5.78 Å². The summed E-state index contributed by atoms with van der Waals surface area (Å²) < 4.78 is 2.06. The van der Waals surface area contributed by atoms with Crippen LogP contribution in [0.2, 0.25) is 0 Å². The predicted molar refractivity (Wildman–Crippen MR) is 85.4 cm³/mol. The van der Waals surface area contributed by atoms with Crippen LogP contribution >= 0.6 is 0 Å². The molecule has 0 N–H and O–H groups in total. The third kappa shape index (κ3) is 2.15. The van der Waals surface area contributed by atoms with Gasteiger partial charge in [-0.15, -0.1) is 0 Å². The van der Waals surface area contributed by atoms with E-state index in [2.05, 4.69) is 39.5 Å². The van der Waals surface area contributed by atoms with Crippen molar-refractivity contribution < 1.29 is 0 Å². The summed E-state index contributed by atoms with van der Waals surface area (Å²) >= 11 is 0. The molecule has 21 heavy (non-hydrogen) atoms. The van der Waals surface area contributed by atoms with E-state index in [4.69, 9.17) is 4.98 Å². The SMILES string of the molecule is [CH2]CC1CCN(c2ccn3c(n2)nc2ccccc23)CC1. The van der Waals surface area contributed by atoms with Gasteiger partial charge in [-0.3, -0.25) is 4.40 Å². The van der Waals surface area contributed by atoms with Crippen LogP contribution in [0.1, 0.15) is 19.3 Å². The Hall–Kier alpha value is -2.10. The molecule has 1 fully saturated rings. The van der Waals surface area contributed by atoms with Crippen LogP contribution in [0.15, 0.2) is 36.5 Å². The highest BCUT2D eigenvalue weighted by Crippen LogP contribution is 2.24. The number of rotatable bonds is 2. The molecule has 1 aliphatic heterocycles. The Bertz CT molecular complexity index is 769. The Morgan fingerprint density at radius 2 is 1.90 bits per heavy atom. The number of aromatic nitrogens is 3. The number of nitrogens with zero attached hydrogens (tertiary/aromatic N) is 4. The fourth-order valence-electron chi connectivity index (χ4n) is 3.17. The van der Waals surface area contributed by atoms with Crippen LogP contribution in [0.5, 0.6) is 0 Å². The molecule has 0 aliphatic carbocycles. The van der Waals surface area contributed by atoms with Gasteiger partial charge in [0.15, 0.2) is 0 Å². The number of benzene rings is 1. The quantitative estimate of drug-likeness (QED) is 0.721. The van der Waals surface area contributed by atoms with Gasteiger partial charge in [0.25, 0.3) is 0 Å². The van der Waals surface area contributed by atoms with Crippen molar-refractivity contribution in [2.45, 2.75) is 19.3 Å². The maximum absolute atomic E-state index is 4.75. The number of para-hydroxylation sites is 2. The van der Waals surface area contributed by atoms with Gasteiger partial charge in [-0.2, -0.15) is 4.98 Å². The average molecular weight is 279 g/mol. The molecular weight excluding hydrogens is 260 g/mol. The lowest BCUT2D eigenvalue weighted by atomic mass is 9.94. The van der Waals surface area contributed by atoms with Crippen molar-refractivity contribution in [2.75, 3.05) is 18.0 Å². The summed E-state index contributed by atoms with van der Waals surface area (Å²) in [4.78, 5) is 11.7. The molecule has 2 aromatic heterocycles. The molecule has 1 aromatic carbocycles. The molecule has 3 aromatic rings. The van der Waals surface area contributed by atoms with Crippen molar-refractivity contribution >= 4 is 22.6 Å². The minimum absolute atomic E-state index is 0.777. The molecule has 0 saturated carbocycles. The average Bonchev–Trinajstić information content (AvgIpc) is 2.92. The maximum Gasteiger partial charge on any atom is 0.236 e. The molecule has 4 heteroatoms. The first-order valence-electron chi connectivity index (χ1n) is 7.63. The van der Waals surface area contributed by atoms with Gasteiger partial charge in [0, 0.05) is 19.3 Å². The van der Waals surface area contributed by atoms with E-state index in [1.807, 2.05) is 18.2 Å².